The van der Waals surface area contributed by atoms with Gasteiger partial charge < -0.3 is 20.1 Å². The minimum atomic E-state index is -1.29. The molecule has 0 saturated carbocycles. The summed E-state index contributed by atoms with van der Waals surface area (Å²) in [5.41, 5.74) is -0.301. The van der Waals surface area contributed by atoms with E-state index in [4.69, 9.17) is 15.3 Å². The Balaban J connectivity index is 3.97. The Morgan fingerprint density at radius 2 is 1.79 bits per heavy atom. The number of carboxylic acids is 1. The van der Waals surface area contributed by atoms with E-state index in [0.29, 0.717) is 0 Å². The lowest BCUT2D eigenvalue weighted by atomic mass is 10.2. The number of aliphatic hydroxyl groups is 2. The van der Waals surface area contributed by atoms with E-state index in [1.54, 1.807) is 0 Å². The summed E-state index contributed by atoms with van der Waals surface area (Å²) in [7, 11) is 0. The van der Waals surface area contributed by atoms with E-state index in [2.05, 4.69) is 11.3 Å². The molecule has 6 heteroatoms. The molecule has 80 valence electrons. The predicted octanol–water partition coefficient (Wildman–Crippen LogP) is -1.09. The number of carbonyl (C=O) groups is 2. The zero-order valence-corrected chi connectivity index (χ0v) is 7.47. The van der Waals surface area contributed by atoms with Gasteiger partial charge in [-0.1, -0.05) is 6.58 Å². The third-order valence-electron chi connectivity index (χ3n) is 1.37. The number of aliphatic carboxylic acids is 1. The van der Waals surface area contributed by atoms with Gasteiger partial charge in [-0.3, -0.25) is 4.79 Å². The highest BCUT2D eigenvalue weighted by Crippen LogP contribution is 2.02. The Kier molecular flexibility index (Phi) is 5.50. The number of ether oxygens (including phenoxy) is 1. The molecule has 0 saturated heterocycles. The van der Waals surface area contributed by atoms with Gasteiger partial charge in [0.15, 0.2) is 0 Å². The largest absolute Gasteiger partial charge is 0.478 e. The topological polar surface area (TPSA) is 104 Å². The summed E-state index contributed by atoms with van der Waals surface area (Å²) < 4.78 is 4.51. The number of aliphatic hydroxyl groups excluding tert-OH is 2. The molecule has 0 aliphatic carbocycles. The first-order valence-electron chi connectivity index (χ1n) is 3.83. The SMILES string of the molecule is C=C(CC(=O)OC(CO)CO)C(=O)O. The summed E-state index contributed by atoms with van der Waals surface area (Å²) in [4.78, 5) is 21.2. The molecule has 14 heavy (non-hydrogen) atoms. The first-order valence-corrected chi connectivity index (χ1v) is 3.83. The summed E-state index contributed by atoms with van der Waals surface area (Å²) in [5, 5.41) is 25.5. The molecule has 0 bridgehead atoms. The van der Waals surface area contributed by atoms with Gasteiger partial charge in [-0.25, -0.2) is 4.79 Å². The van der Waals surface area contributed by atoms with E-state index >= 15 is 0 Å². The van der Waals surface area contributed by atoms with Crippen molar-refractivity contribution >= 4 is 11.9 Å². The maximum Gasteiger partial charge on any atom is 0.331 e. The predicted molar refractivity (Wildman–Crippen MR) is 45.4 cm³/mol. The molecule has 0 aliphatic rings. The van der Waals surface area contributed by atoms with Gasteiger partial charge in [0.1, 0.15) is 6.10 Å². The summed E-state index contributed by atoms with van der Waals surface area (Å²) in [6.45, 7) is 2.10. The zero-order valence-electron chi connectivity index (χ0n) is 7.47. The minimum absolute atomic E-state index is 0.301. The van der Waals surface area contributed by atoms with E-state index in [1.807, 2.05) is 0 Å². The summed E-state index contributed by atoms with van der Waals surface area (Å²) in [6.07, 6.45) is -1.48. The molecular weight excluding hydrogens is 192 g/mol. The lowest BCUT2D eigenvalue weighted by Crippen LogP contribution is -2.26. The number of hydrogen-bond donors (Lipinski definition) is 3. The average molecular weight is 204 g/mol. The first kappa shape index (κ1) is 12.6. The second-order valence-electron chi connectivity index (χ2n) is 2.56. The van der Waals surface area contributed by atoms with Crippen LogP contribution in [0.3, 0.4) is 0 Å². The number of esters is 1. The van der Waals surface area contributed by atoms with Crippen LogP contribution in [0, 0.1) is 0 Å². The second kappa shape index (κ2) is 6.11. The number of rotatable bonds is 6. The standard InChI is InChI=1S/C8H12O6/c1-5(8(12)13)2-7(11)14-6(3-9)4-10/h6,9-10H,1-4H2,(H,12,13). The maximum atomic E-state index is 10.9. The van der Waals surface area contributed by atoms with Crippen LogP contribution in [0.5, 0.6) is 0 Å². The molecule has 0 rings (SSSR count). The molecule has 0 aromatic rings. The van der Waals surface area contributed by atoms with Gasteiger partial charge in [0, 0.05) is 5.57 Å². The van der Waals surface area contributed by atoms with Crippen molar-refractivity contribution in [3.63, 3.8) is 0 Å². The maximum absolute atomic E-state index is 10.9. The van der Waals surface area contributed by atoms with E-state index < -0.39 is 37.7 Å². The van der Waals surface area contributed by atoms with E-state index in [1.165, 1.54) is 0 Å². The summed E-state index contributed by atoms with van der Waals surface area (Å²) in [5.74, 6) is -2.13. The van der Waals surface area contributed by atoms with Crippen molar-refractivity contribution < 1.29 is 29.6 Å². The highest BCUT2D eigenvalue weighted by atomic mass is 16.6. The van der Waals surface area contributed by atoms with Gasteiger partial charge in [-0.2, -0.15) is 0 Å². The molecule has 0 spiro atoms. The van der Waals surface area contributed by atoms with Crippen molar-refractivity contribution in [1.82, 2.24) is 0 Å². The van der Waals surface area contributed by atoms with Crippen molar-refractivity contribution in [2.75, 3.05) is 13.2 Å². The molecule has 0 amide bonds. The Labute approximate surface area is 80.4 Å². The summed E-state index contributed by atoms with van der Waals surface area (Å²) >= 11 is 0. The quantitative estimate of drug-likeness (QED) is 0.375. The van der Waals surface area contributed by atoms with Crippen LogP contribution in [0.15, 0.2) is 12.2 Å². The molecule has 0 aliphatic heterocycles. The molecule has 6 nitrogen and oxygen atoms in total. The molecule has 0 fully saturated rings. The van der Waals surface area contributed by atoms with Crippen molar-refractivity contribution in [2.45, 2.75) is 12.5 Å². The molecule has 3 N–H and O–H groups in total. The average Bonchev–Trinajstić information content (AvgIpc) is 2.13. The van der Waals surface area contributed by atoms with E-state index in [0.717, 1.165) is 0 Å². The van der Waals surface area contributed by atoms with Crippen molar-refractivity contribution in [3.05, 3.63) is 12.2 Å². The van der Waals surface area contributed by atoms with Crippen molar-refractivity contribution in [3.8, 4) is 0 Å². The lowest BCUT2D eigenvalue weighted by Gasteiger charge is -2.12. The number of carboxylic acid groups (broad SMARTS) is 1. The van der Waals surface area contributed by atoms with Crippen molar-refractivity contribution in [1.29, 1.82) is 0 Å². The van der Waals surface area contributed by atoms with Crippen LogP contribution < -0.4 is 0 Å². The second-order valence-corrected chi connectivity index (χ2v) is 2.56. The molecule has 0 aromatic carbocycles. The fourth-order valence-electron chi connectivity index (χ4n) is 0.610. The van der Waals surface area contributed by atoms with E-state index in [9.17, 15) is 9.59 Å². The number of carbonyl (C=O) groups excluding carboxylic acids is 1. The van der Waals surface area contributed by atoms with Gasteiger partial charge in [-0.15, -0.1) is 0 Å². The fraction of sp³-hybridized carbons (Fsp3) is 0.500. The molecule has 0 heterocycles. The normalized spacial score (nSPS) is 9.93. The van der Waals surface area contributed by atoms with Gasteiger partial charge in [0.2, 0.25) is 0 Å². The van der Waals surface area contributed by atoms with Gasteiger partial charge >= 0.3 is 11.9 Å². The molecule has 0 radical (unpaired) electrons. The fourth-order valence-corrected chi connectivity index (χ4v) is 0.610. The Bertz CT molecular complexity index is 230. The van der Waals surface area contributed by atoms with Crippen LogP contribution in [-0.4, -0.2) is 46.6 Å². The molecule has 0 aromatic heterocycles. The Morgan fingerprint density at radius 3 is 2.14 bits per heavy atom. The molecular formula is C8H12O6. The first-order chi connectivity index (χ1) is 6.51. The number of hydrogen-bond acceptors (Lipinski definition) is 5. The highest BCUT2D eigenvalue weighted by molar-refractivity contribution is 5.91. The van der Waals surface area contributed by atoms with Crippen LogP contribution in [0.4, 0.5) is 0 Å². The molecule has 0 atom stereocenters. The van der Waals surface area contributed by atoms with Gasteiger partial charge in [0.25, 0.3) is 0 Å². The van der Waals surface area contributed by atoms with Gasteiger partial charge in [0.05, 0.1) is 19.6 Å². The Hall–Kier alpha value is -1.40. The smallest absolute Gasteiger partial charge is 0.331 e. The molecule has 0 unspecified atom stereocenters. The third-order valence-corrected chi connectivity index (χ3v) is 1.37. The Morgan fingerprint density at radius 1 is 1.29 bits per heavy atom. The zero-order chi connectivity index (χ0) is 11.1. The monoisotopic (exact) mass is 204 g/mol. The third kappa shape index (κ3) is 4.58. The van der Waals surface area contributed by atoms with Crippen LogP contribution in [-0.2, 0) is 14.3 Å². The van der Waals surface area contributed by atoms with E-state index in [-0.39, 0.29) is 5.57 Å². The highest BCUT2D eigenvalue weighted by Gasteiger charge is 2.15. The lowest BCUT2D eigenvalue weighted by molar-refractivity contribution is -0.153. The minimum Gasteiger partial charge on any atom is -0.478 e. The van der Waals surface area contributed by atoms with Crippen LogP contribution in [0.2, 0.25) is 0 Å². The van der Waals surface area contributed by atoms with Crippen molar-refractivity contribution in [2.24, 2.45) is 0 Å². The van der Waals surface area contributed by atoms with Gasteiger partial charge in [-0.05, 0) is 0 Å². The van der Waals surface area contributed by atoms with Crippen LogP contribution in [0.25, 0.3) is 0 Å². The van der Waals surface area contributed by atoms with Crippen LogP contribution >= 0.6 is 0 Å². The summed E-state index contributed by atoms with van der Waals surface area (Å²) in [6, 6.07) is 0. The van der Waals surface area contributed by atoms with Crippen LogP contribution in [0.1, 0.15) is 6.42 Å².